The van der Waals surface area contributed by atoms with Crippen LogP contribution in [0.5, 0.6) is 0 Å². The van der Waals surface area contributed by atoms with Gasteiger partial charge in [-0.15, -0.1) is 0 Å². The van der Waals surface area contributed by atoms with Crippen LogP contribution in [0, 0.1) is 11.3 Å². The molecule has 0 aromatic rings. The normalized spacial score (nSPS) is 20.4. The fraction of sp³-hybridized carbons (Fsp3) is 0.806. The van der Waals surface area contributed by atoms with Crippen LogP contribution in [0.15, 0.2) is 33.5 Å². The zero-order chi connectivity index (χ0) is 26.6. The van der Waals surface area contributed by atoms with E-state index in [0.29, 0.717) is 23.8 Å². The summed E-state index contributed by atoms with van der Waals surface area (Å²) in [6.07, 6.45) is 8.96. The Morgan fingerprint density at radius 2 is 1.86 bits per heavy atom. The molecular weight excluding hydrogens is 433 g/mol. The van der Waals surface area contributed by atoms with Crippen molar-refractivity contribution in [1.82, 2.24) is 9.80 Å². The summed E-state index contributed by atoms with van der Waals surface area (Å²) in [7, 11) is 4.05. The van der Waals surface area contributed by atoms with Gasteiger partial charge in [0.15, 0.2) is 0 Å². The van der Waals surface area contributed by atoms with Crippen LogP contribution in [0.4, 0.5) is 4.39 Å². The largest absolute Gasteiger partial charge is 0.378 e. The maximum atomic E-state index is 14.2. The SMILES string of the molecule is CCCC(=C(C)C(C)C(CC)N1CCCC(=CC(F)CC)C(=C=NC)CC1)N(C)CCC(C)(C)C. The highest BCUT2D eigenvalue weighted by Crippen LogP contribution is 2.31. The minimum absolute atomic E-state index is 0.348. The molecule has 1 heterocycles. The van der Waals surface area contributed by atoms with Crippen molar-refractivity contribution in [2.24, 2.45) is 16.3 Å². The van der Waals surface area contributed by atoms with E-state index in [9.17, 15) is 4.39 Å². The van der Waals surface area contributed by atoms with Crippen LogP contribution in [0.3, 0.4) is 0 Å². The minimum atomic E-state index is -0.877. The molecule has 202 valence electrons. The molecule has 1 aliphatic heterocycles. The summed E-state index contributed by atoms with van der Waals surface area (Å²) in [5, 5.41) is 0. The number of allylic oxidation sites excluding steroid dienone is 3. The number of halogens is 1. The van der Waals surface area contributed by atoms with E-state index in [4.69, 9.17) is 0 Å². The zero-order valence-corrected chi connectivity index (χ0v) is 24.8. The van der Waals surface area contributed by atoms with Gasteiger partial charge in [-0.1, -0.05) is 54.9 Å². The van der Waals surface area contributed by atoms with Gasteiger partial charge in [0, 0.05) is 44.5 Å². The van der Waals surface area contributed by atoms with Crippen LogP contribution in [0.1, 0.15) is 107 Å². The van der Waals surface area contributed by atoms with E-state index >= 15 is 0 Å². The first kappa shape index (κ1) is 31.6. The molecule has 0 radical (unpaired) electrons. The first-order chi connectivity index (χ1) is 16.5. The number of hydrogen-bond acceptors (Lipinski definition) is 3. The molecule has 1 saturated heterocycles. The third-order valence-electron chi connectivity index (χ3n) is 7.69. The van der Waals surface area contributed by atoms with Crippen LogP contribution in [-0.4, -0.2) is 61.6 Å². The molecule has 0 aromatic carbocycles. The molecule has 0 N–H and O–H groups in total. The predicted molar refractivity (Wildman–Crippen MR) is 153 cm³/mol. The van der Waals surface area contributed by atoms with E-state index < -0.39 is 6.17 Å². The molecule has 4 heteroatoms. The summed E-state index contributed by atoms with van der Waals surface area (Å²) < 4.78 is 14.2. The smallest absolute Gasteiger partial charge is 0.119 e. The molecule has 0 bridgehead atoms. The van der Waals surface area contributed by atoms with Crippen LogP contribution in [-0.2, 0) is 0 Å². The summed E-state index contributed by atoms with van der Waals surface area (Å²) in [6, 6.07) is 0.507. The summed E-state index contributed by atoms with van der Waals surface area (Å²) in [6.45, 7) is 21.5. The monoisotopic (exact) mass is 489 g/mol. The third-order valence-corrected chi connectivity index (χ3v) is 7.69. The van der Waals surface area contributed by atoms with Crippen LogP contribution in [0.25, 0.3) is 0 Å². The van der Waals surface area contributed by atoms with E-state index in [0.717, 1.165) is 62.9 Å². The van der Waals surface area contributed by atoms with Gasteiger partial charge in [0.2, 0.25) is 0 Å². The number of hydrogen-bond donors (Lipinski definition) is 0. The van der Waals surface area contributed by atoms with Crippen molar-refractivity contribution in [3.63, 3.8) is 0 Å². The molecule has 1 fully saturated rings. The number of aliphatic imine (C=N–C) groups is 1. The average Bonchev–Trinajstić information content (AvgIpc) is 2.80. The molecule has 35 heavy (non-hydrogen) atoms. The van der Waals surface area contributed by atoms with Gasteiger partial charge < -0.3 is 4.90 Å². The summed E-state index contributed by atoms with van der Waals surface area (Å²) >= 11 is 0. The second kappa shape index (κ2) is 15.7. The Bertz CT molecular complexity index is 752. The van der Waals surface area contributed by atoms with Crippen molar-refractivity contribution in [2.45, 2.75) is 119 Å². The van der Waals surface area contributed by atoms with Gasteiger partial charge in [0.25, 0.3) is 0 Å². The highest BCUT2D eigenvalue weighted by Gasteiger charge is 2.28. The van der Waals surface area contributed by atoms with Crippen LogP contribution < -0.4 is 0 Å². The molecule has 0 aromatic heterocycles. The first-order valence-corrected chi connectivity index (χ1v) is 14.2. The van der Waals surface area contributed by atoms with Gasteiger partial charge in [-0.05, 0) is 92.8 Å². The predicted octanol–water partition coefficient (Wildman–Crippen LogP) is 8.23. The lowest BCUT2D eigenvalue weighted by Gasteiger charge is -2.39. The van der Waals surface area contributed by atoms with Crippen molar-refractivity contribution < 1.29 is 4.39 Å². The Kier molecular flexibility index (Phi) is 14.2. The molecular formula is C31H56FN3. The van der Waals surface area contributed by atoms with Crippen molar-refractivity contribution >= 4 is 5.87 Å². The highest BCUT2D eigenvalue weighted by molar-refractivity contribution is 5.65. The Morgan fingerprint density at radius 1 is 1.17 bits per heavy atom. The van der Waals surface area contributed by atoms with Gasteiger partial charge in [0.1, 0.15) is 6.17 Å². The molecule has 3 atom stereocenters. The maximum absolute atomic E-state index is 14.2. The second-order valence-electron chi connectivity index (χ2n) is 11.7. The summed E-state index contributed by atoms with van der Waals surface area (Å²) in [4.78, 5) is 9.40. The molecule has 0 amide bonds. The van der Waals surface area contributed by atoms with Crippen molar-refractivity contribution in [3.05, 3.63) is 28.5 Å². The third kappa shape index (κ3) is 10.6. The number of nitrogens with zero attached hydrogens (tertiary/aromatic N) is 3. The molecule has 3 unspecified atom stereocenters. The minimum Gasteiger partial charge on any atom is -0.378 e. The van der Waals surface area contributed by atoms with E-state index in [1.54, 1.807) is 12.6 Å². The Balaban J connectivity index is 3.14. The summed E-state index contributed by atoms with van der Waals surface area (Å²) in [5.74, 6) is 3.70. The lowest BCUT2D eigenvalue weighted by molar-refractivity contribution is 0.151. The molecule has 1 rings (SSSR count). The van der Waals surface area contributed by atoms with Gasteiger partial charge in [-0.3, -0.25) is 4.90 Å². The molecule has 0 aliphatic carbocycles. The van der Waals surface area contributed by atoms with Crippen molar-refractivity contribution in [3.8, 4) is 0 Å². The molecule has 0 saturated carbocycles. The molecule has 3 nitrogen and oxygen atoms in total. The zero-order valence-electron chi connectivity index (χ0n) is 24.8. The number of likely N-dealkylation sites (tertiary alicyclic amines) is 1. The molecule has 0 spiro atoms. The lowest BCUT2D eigenvalue weighted by Crippen LogP contribution is -2.42. The second-order valence-corrected chi connectivity index (χ2v) is 11.7. The van der Waals surface area contributed by atoms with Crippen molar-refractivity contribution in [2.75, 3.05) is 33.7 Å². The van der Waals surface area contributed by atoms with E-state index in [2.05, 4.69) is 76.2 Å². The maximum Gasteiger partial charge on any atom is 0.119 e. The molecule has 1 aliphatic rings. The van der Waals surface area contributed by atoms with Crippen LogP contribution in [0.2, 0.25) is 0 Å². The van der Waals surface area contributed by atoms with E-state index in [1.165, 1.54) is 18.5 Å². The Morgan fingerprint density at radius 3 is 2.40 bits per heavy atom. The fourth-order valence-corrected chi connectivity index (χ4v) is 5.31. The van der Waals surface area contributed by atoms with Crippen LogP contribution >= 0.6 is 0 Å². The first-order valence-electron chi connectivity index (χ1n) is 14.2. The van der Waals surface area contributed by atoms with Gasteiger partial charge >= 0.3 is 0 Å². The van der Waals surface area contributed by atoms with Gasteiger partial charge in [0.05, 0.1) is 0 Å². The Labute approximate surface area is 217 Å². The van der Waals surface area contributed by atoms with E-state index in [-0.39, 0.29) is 0 Å². The Hall–Kier alpha value is -1.38. The summed E-state index contributed by atoms with van der Waals surface area (Å²) in [5.41, 5.74) is 5.64. The lowest BCUT2D eigenvalue weighted by atomic mass is 9.86. The topological polar surface area (TPSA) is 18.8 Å². The standard InChI is InChI=1S/C31H56FN3/c1-11-15-30(34(10)21-18-31(6,7)8)25(5)24(4)29(13-3)35-19-14-16-26(22-28(32)12-2)27(17-20-35)23-33-9/h22,24,28-29H,11-21H2,1-10H3. The highest BCUT2D eigenvalue weighted by atomic mass is 19.1. The number of rotatable bonds is 11. The van der Waals surface area contributed by atoms with Gasteiger partial charge in [-0.25, -0.2) is 9.38 Å². The fourth-order valence-electron chi connectivity index (χ4n) is 5.31. The van der Waals surface area contributed by atoms with Crippen molar-refractivity contribution in [1.29, 1.82) is 0 Å². The quantitative estimate of drug-likeness (QED) is 0.272. The number of alkyl halides is 1. The average molecular weight is 490 g/mol. The van der Waals surface area contributed by atoms with Gasteiger partial charge in [-0.2, -0.15) is 0 Å². The van der Waals surface area contributed by atoms with E-state index in [1.807, 2.05) is 13.0 Å².